The lowest BCUT2D eigenvalue weighted by atomic mass is 10.2. The van der Waals surface area contributed by atoms with Crippen LogP contribution in [-0.2, 0) is 11.2 Å². The second-order valence-electron chi connectivity index (χ2n) is 2.75. The summed E-state index contributed by atoms with van der Waals surface area (Å²) < 4.78 is 5.20. The molecule has 0 saturated heterocycles. The van der Waals surface area contributed by atoms with Crippen LogP contribution in [0.3, 0.4) is 0 Å². The summed E-state index contributed by atoms with van der Waals surface area (Å²) in [5.74, 6) is 0.0170. The van der Waals surface area contributed by atoms with Crippen LogP contribution in [0.4, 0.5) is 0 Å². The second-order valence-corrected chi connectivity index (χ2v) is 2.75. The molecule has 1 rings (SSSR count). The number of carboxylic acid groups (broad SMARTS) is 1. The predicted molar refractivity (Wildman–Crippen MR) is 49.3 cm³/mol. The van der Waals surface area contributed by atoms with Crippen LogP contribution in [0.25, 0.3) is 0 Å². The zero-order chi connectivity index (χ0) is 10.6. The van der Waals surface area contributed by atoms with Crippen molar-refractivity contribution in [2.45, 2.75) is 20.3 Å². The van der Waals surface area contributed by atoms with E-state index in [1.165, 1.54) is 6.20 Å². The van der Waals surface area contributed by atoms with Crippen LogP contribution >= 0.6 is 0 Å². The number of carbonyl (C=O) groups is 1. The number of rotatable bonds is 4. The first-order valence-corrected chi connectivity index (χ1v) is 4.30. The molecule has 0 amide bonds. The Morgan fingerprint density at radius 2 is 2.36 bits per heavy atom. The molecule has 1 N–H and O–H groups in total. The fraction of sp³-hybridized carbons (Fsp3) is 0.444. The van der Waals surface area contributed by atoms with Gasteiger partial charge >= 0.3 is 5.97 Å². The van der Waals surface area contributed by atoms with Gasteiger partial charge in [-0.05, 0) is 13.8 Å². The van der Waals surface area contributed by atoms with Crippen molar-refractivity contribution in [3.63, 3.8) is 0 Å². The van der Waals surface area contributed by atoms with Crippen LogP contribution < -0.4 is 4.74 Å². The SMILES string of the molecule is CCOc1nc(C)ncc1CC(=O)O. The number of aliphatic carboxylic acids is 1. The molecular weight excluding hydrogens is 184 g/mol. The van der Waals surface area contributed by atoms with Gasteiger partial charge in [0, 0.05) is 11.8 Å². The molecule has 0 radical (unpaired) electrons. The smallest absolute Gasteiger partial charge is 0.308 e. The van der Waals surface area contributed by atoms with E-state index in [1.807, 2.05) is 6.92 Å². The highest BCUT2D eigenvalue weighted by molar-refractivity contribution is 5.70. The van der Waals surface area contributed by atoms with Gasteiger partial charge in [0.1, 0.15) is 5.82 Å². The van der Waals surface area contributed by atoms with Crippen LogP contribution in [0, 0.1) is 6.92 Å². The van der Waals surface area contributed by atoms with E-state index in [-0.39, 0.29) is 6.42 Å². The normalized spacial score (nSPS) is 9.86. The van der Waals surface area contributed by atoms with E-state index < -0.39 is 5.97 Å². The molecule has 0 saturated carbocycles. The molecular formula is C9H12N2O3. The molecule has 1 aromatic heterocycles. The molecule has 14 heavy (non-hydrogen) atoms. The highest BCUT2D eigenvalue weighted by Crippen LogP contribution is 2.14. The van der Waals surface area contributed by atoms with Gasteiger partial charge in [-0.3, -0.25) is 4.79 Å². The maximum Gasteiger partial charge on any atom is 0.308 e. The van der Waals surface area contributed by atoms with Crippen LogP contribution in [0.5, 0.6) is 5.88 Å². The Labute approximate surface area is 81.8 Å². The Balaban J connectivity index is 2.95. The number of aromatic nitrogens is 2. The number of hydrogen-bond donors (Lipinski definition) is 1. The standard InChI is InChI=1S/C9H12N2O3/c1-3-14-9-7(4-8(12)13)5-10-6(2)11-9/h5H,3-4H2,1-2H3,(H,12,13). The summed E-state index contributed by atoms with van der Waals surface area (Å²) in [4.78, 5) is 18.4. The Morgan fingerprint density at radius 1 is 1.64 bits per heavy atom. The monoisotopic (exact) mass is 196 g/mol. The van der Waals surface area contributed by atoms with Crippen molar-refractivity contribution in [3.8, 4) is 5.88 Å². The molecule has 0 bridgehead atoms. The van der Waals surface area contributed by atoms with Crippen molar-refractivity contribution in [1.82, 2.24) is 9.97 Å². The lowest BCUT2D eigenvalue weighted by Crippen LogP contribution is -2.07. The molecule has 0 aliphatic heterocycles. The fourth-order valence-corrected chi connectivity index (χ4v) is 1.02. The third-order valence-corrected chi connectivity index (χ3v) is 1.57. The molecule has 76 valence electrons. The minimum Gasteiger partial charge on any atom is -0.481 e. The lowest BCUT2D eigenvalue weighted by Gasteiger charge is -2.06. The van der Waals surface area contributed by atoms with Gasteiger partial charge in [-0.15, -0.1) is 0 Å². The van der Waals surface area contributed by atoms with Crippen molar-refractivity contribution < 1.29 is 14.6 Å². The maximum atomic E-state index is 10.5. The Kier molecular flexibility index (Phi) is 3.39. The molecule has 0 spiro atoms. The number of nitrogens with zero attached hydrogens (tertiary/aromatic N) is 2. The third kappa shape index (κ3) is 2.69. The average molecular weight is 196 g/mol. The average Bonchev–Trinajstić information content (AvgIpc) is 2.09. The van der Waals surface area contributed by atoms with Gasteiger partial charge < -0.3 is 9.84 Å². The molecule has 0 aromatic carbocycles. The van der Waals surface area contributed by atoms with Crippen LogP contribution in [0.15, 0.2) is 6.20 Å². The van der Waals surface area contributed by atoms with Gasteiger partial charge in [-0.2, -0.15) is 4.98 Å². The van der Waals surface area contributed by atoms with Gasteiger partial charge in [0.25, 0.3) is 0 Å². The molecule has 1 heterocycles. The Morgan fingerprint density at radius 3 is 2.93 bits per heavy atom. The molecule has 1 aromatic rings. The largest absolute Gasteiger partial charge is 0.481 e. The summed E-state index contributed by atoms with van der Waals surface area (Å²) in [6, 6.07) is 0. The first-order valence-electron chi connectivity index (χ1n) is 4.30. The predicted octanol–water partition coefficient (Wildman–Crippen LogP) is 0.811. The lowest BCUT2D eigenvalue weighted by molar-refractivity contribution is -0.136. The van der Waals surface area contributed by atoms with Crippen LogP contribution in [0.2, 0.25) is 0 Å². The Bertz CT molecular complexity index is 339. The zero-order valence-corrected chi connectivity index (χ0v) is 8.15. The first kappa shape index (κ1) is 10.4. The summed E-state index contributed by atoms with van der Waals surface area (Å²) >= 11 is 0. The summed E-state index contributed by atoms with van der Waals surface area (Å²) in [5.41, 5.74) is 0.505. The van der Waals surface area contributed by atoms with Gasteiger partial charge in [-0.1, -0.05) is 0 Å². The highest BCUT2D eigenvalue weighted by Gasteiger charge is 2.09. The van der Waals surface area contributed by atoms with Gasteiger partial charge in [-0.25, -0.2) is 4.98 Å². The van der Waals surface area contributed by atoms with Crippen molar-refractivity contribution in [2.75, 3.05) is 6.61 Å². The first-order chi connectivity index (χ1) is 6.63. The van der Waals surface area contributed by atoms with E-state index >= 15 is 0 Å². The minimum absolute atomic E-state index is 0.115. The third-order valence-electron chi connectivity index (χ3n) is 1.57. The van der Waals surface area contributed by atoms with Gasteiger partial charge in [0.05, 0.1) is 13.0 Å². The van der Waals surface area contributed by atoms with E-state index in [0.717, 1.165) is 0 Å². The van der Waals surface area contributed by atoms with Crippen molar-refractivity contribution in [1.29, 1.82) is 0 Å². The molecule has 0 fully saturated rings. The summed E-state index contributed by atoms with van der Waals surface area (Å²) in [7, 11) is 0. The number of hydrogen-bond acceptors (Lipinski definition) is 4. The topological polar surface area (TPSA) is 72.3 Å². The zero-order valence-electron chi connectivity index (χ0n) is 8.15. The van der Waals surface area contributed by atoms with Crippen molar-refractivity contribution >= 4 is 5.97 Å². The summed E-state index contributed by atoms with van der Waals surface area (Å²) in [6.45, 7) is 4.01. The van der Waals surface area contributed by atoms with E-state index in [1.54, 1.807) is 6.92 Å². The fourth-order valence-electron chi connectivity index (χ4n) is 1.02. The number of ether oxygens (including phenoxy) is 1. The molecule has 0 aliphatic rings. The number of carboxylic acids is 1. The highest BCUT2D eigenvalue weighted by atomic mass is 16.5. The van der Waals surface area contributed by atoms with E-state index in [9.17, 15) is 4.79 Å². The quantitative estimate of drug-likeness (QED) is 0.771. The molecule has 5 nitrogen and oxygen atoms in total. The molecule has 5 heteroatoms. The van der Waals surface area contributed by atoms with Gasteiger partial charge in [0.15, 0.2) is 0 Å². The Hall–Kier alpha value is -1.65. The molecule has 0 atom stereocenters. The summed E-state index contributed by atoms with van der Waals surface area (Å²) in [6.07, 6.45) is 1.37. The van der Waals surface area contributed by atoms with E-state index in [0.29, 0.717) is 23.9 Å². The van der Waals surface area contributed by atoms with E-state index in [2.05, 4.69) is 9.97 Å². The number of aryl methyl sites for hydroxylation is 1. The second kappa shape index (κ2) is 4.55. The molecule has 0 aliphatic carbocycles. The minimum atomic E-state index is -0.918. The van der Waals surface area contributed by atoms with E-state index in [4.69, 9.17) is 9.84 Å². The molecule has 0 unspecified atom stereocenters. The van der Waals surface area contributed by atoms with Gasteiger partial charge in [0.2, 0.25) is 5.88 Å². The van der Waals surface area contributed by atoms with Crippen molar-refractivity contribution in [2.24, 2.45) is 0 Å². The van der Waals surface area contributed by atoms with Crippen LogP contribution in [-0.4, -0.2) is 27.7 Å². The van der Waals surface area contributed by atoms with Crippen LogP contribution in [0.1, 0.15) is 18.3 Å². The maximum absolute atomic E-state index is 10.5. The van der Waals surface area contributed by atoms with Crippen molar-refractivity contribution in [3.05, 3.63) is 17.6 Å². The summed E-state index contributed by atoms with van der Waals surface area (Å²) in [5, 5.41) is 8.62.